The maximum atomic E-state index is 12.7. The van der Waals surface area contributed by atoms with Gasteiger partial charge in [-0.15, -0.1) is 0 Å². The number of benzene rings is 2. The van der Waals surface area contributed by atoms with E-state index in [4.69, 9.17) is 9.72 Å². The molecule has 0 aliphatic rings. The number of ether oxygens (including phenoxy) is 1. The van der Waals surface area contributed by atoms with Crippen LogP contribution in [0.25, 0.3) is 32.8 Å². The number of hydrogen-bond acceptors (Lipinski definition) is 3. The van der Waals surface area contributed by atoms with Crippen molar-refractivity contribution in [2.24, 2.45) is 0 Å². The maximum absolute atomic E-state index is 12.7. The Bertz CT molecular complexity index is 1050. The summed E-state index contributed by atoms with van der Waals surface area (Å²) < 4.78 is 7.09. The zero-order valence-electron chi connectivity index (χ0n) is 13.5. The minimum atomic E-state index is -0.341. The molecule has 0 spiro atoms. The van der Waals surface area contributed by atoms with Crippen molar-refractivity contribution < 1.29 is 9.53 Å². The molecular formula is C20H18N2O2. The summed E-state index contributed by atoms with van der Waals surface area (Å²) in [5.41, 5.74) is 3.37. The van der Waals surface area contributed by atoms with E-state index in [-0.39, 0.29) is 6.09 Å². The highest BCUT2D eigenvalue weighted by atomic mass is 16.5. The first-order valence-electron chi connectivity index (χ1n) is 8.25. The Morgan fingerprint density at radius 2 is 1.88 bits per heavy atom. The van der Waals surface area contributed by atoms with Gasteiger partial charge in [0, 0.05) is 10.8 Å². The predicted molar refractivity (Wildman–Crippen MR) is 96.4 cm³/mol. The van der Waals surface area contributed by atoms with Crippen molar-refractivity contribution in [2.75, 3.05) is 6.61 Å². The summed E-state index contributed by atoms with van der Waals surface area (Å²) in [6, 6.07) is 17.8. The first-order chi connectivity index (χ1) is 11.8. The second kappa shape index (κ2) is 5.96. The Morgan fingerprint density at radius 1 is 1.08 bits per heavy atom. The molecule has 0 atom stereocenters. The molecule has 0 saturated heterocycles. The Morgan fingerprint density at radius 3 is 2.75 bits per heavy atom. The van der Waals surface area contributed by atoms with Crippen molar-refractivity contribution in [3.63, 3.8) is 0 Å². The third kappa shape index (κ3) is 2.31. The van der Waals surface area contributed by atoms with Crippen molar-refractivity contribution in [2.45, 2.75) is 19.8 Å². The van der Waals surface area contributed by atoms with Gasteiger partial charge in [-0.1, -0.05) is 49.7 Å². The fourth-order valence-electron chi connectivity index (χ4n) is 3.04. The Kier molecular flexibility index (Phi) is 3.65. The molecule has 0 amide bonds. The van der Waals surface area contributed by atoms with E-state index in [0.29, 0.717) is 6.61 Å². The number of fused-ring (bicyclic) bond motifs is 4. The number of aromatic nitrogens is 2. The lowest BCUT2D eigenvalue weighted by molar-refractivity contribution is 0.148. The standard InChI is InChI=1S/C20H18N2O2/c1-2-3-12-24-20(23)22-17-11-7-5-9-15(17)19-18(22)13-14-8-4-6-10-16(14)21-19/h4-11,13H,2-3,12H2,1H3. The Balaban J connectivity index is 1.98. The summed E-state index contributed by atoms with van der Waals surface area (Å²) in [5.74, 6) is 0. The second-order valence-electron chi connectivity index (χ2n) is 5.87. The normalized spacial score (nSPS) is 11.4. The predicted octanol–water partition coefficient (Wildman–Crippen LogP) is 5.13. The summed E-state index contributed by atoms with van der Waals surface area (Å²) >= 11 is 0. The van der Waals surface area contributed by atoms with E-state index >= 15 is 0 Å². The molecule has 4 aromatic rings. The summed E-state index contributed by atoms with van der Waals surface area (Å²) in [5, 5.41) is 1.97. The van der Waals surface area contributed by atoms with Crippen LogP contribution in [0.1, 0.15) is 19.8 Å². The van der Waals surface area contributed by atoms with E-state index in [9.17, 15) is 4.79 Å². The van der Waals surface area contributed by atoms with Gasteiger partial charge in [-0.05, 0) is 24.6 Å². The quantitative estimate of drug-likeness (QED) is 0.492. The van der Waals surface area contributed by atoms with Gasteiger partial charge in [0.25, 0.3) is 0 Å². The zero-order valence-corrected chi connectivity index (χ0v) is 13.5. The van der Waals surface area contributed by atoms with E-state index in [1.807, 2.05) is 54.6 Å². The molecule has 4 nitrogen and oxygen atoms in total. The van der Waals surface area contributed by atoms with Gasteiger partial charge in [0.15, 0.2) is 0 Å². The maximum Gasteiger partial charge on any atom is 0.419 e. The molecule has 0 N–H and O–H groups in total. The largest absolute Gasteiger partial charge is 0.449 e. The highest BCUT2D eigenvalue weighted by molar-refractivity contribution is 6.13. The van der Waals surface area contributed by atoms with Crippen LogP contribution < -0.4 is 0 Å². The first-order valence-corrected chi connectivity index (χ1v) is 8.25. The second-order valence-corrected chi connectivity index (χ2v) is 5.87. The molecule has 0 saturated carbocycles. The molecule has 0 fully saturated rings. The molecule has 2 aromatic carbocycles. The average Bonchev–Trinajstić information content (AvgIpc) is 2.93. The number of carbonyl (C=O) groups is 1. The van der Waals surface area contributed by atoms with Gasteiger partial charge in [0.1, 0.15) is 0 Å². The molecule has 0 aliphatic heterocycles. The number of hydrogen-bond donors (Lipinski definition) is 0. The van der Waals surface area contributed by atoms with Gasteiger partial charge in [0.05, 0.1) is 28.7 Å². The molecule has 120 valence electrons. The number of rotatable bonds is 3. The summed E-state index contributed by atoms with van der Waals surface area (Å²) in [6.45, 7) is 2.51. The smallest absolute Gasteiger partial charge is 0.419 e. The Labute approximate surface area is 139 Å². The van der Waals surface area contributed by atoms with Crippen LogP contribution in [0.15, 0.2) is 54.6 Å². The molecular weight excluding hydrogens is 300 g/mol. The molecule has 2 heterocycles. The van der Waals surface area contributed by atoms with Gasteiger partial charge < -0.3 is 4.74 Å². The summed E-state index contributed by atoms with van der Waals surface area (Å²) in [6.07, 6.45) is 1.52. The lowest BCUT2D eigenvalue weighted by Crippen LogP contribution is -2.14. The molecule has 0 unspecified atom stereocenters. The Hall–Kier alpha value is -2.88. The summed E-state index contributed by atoms with van der Waals surface area (Å²) in [4.78, 5) is 17.4. The van der Waals surface area contributed by atoms with E-state index in [0.717, 1.165) is 45.7 Å². The molecule has 0 bridgehead atoms. The molecule has 0 radical (unpaired) electrons. The first kappa shape index (κ1) is 14.7. The van der Waals surface area contributed by atoms with Crippen LogP contribution in [0.4, 0.5) is 4.79 Å². The number of para-hydroxylation sites is 2. The molecule has 4 rings (SSSR count). The van der Waals surface area contributed by atoms with Gasteiger partial charge >= 0.3 is 6.09 Å². The third-order valence-electron chi connectivity index (χ3n) is 4.25. The van der Waals surface area contributed by atoms with Crippen molar-refractivity contribution in [1.29, 1.82) is 0 Å². The minimum absolute atomic E-state index is 0.341. The van der Waals surface area contributed by atoms with Crippen molar-refractivity contribution in [3.05, 3.63) is 54.6 Å². The molecule has 0 aliphatic carbocycles. The van der Waals surface area contributed by atoms with Gasteiger partial charge in [-0.25, -0.2) is 14.3 Å². The van der Waals surface area contributed by atoms with Crippen LogP contribution in [0.5, 0.6) is 0 Å². The average molecular weight is 318 g/mol. The van der Waals surface area contributed by atoms with E-state index in [1.54, 1.807) is 4.57 Å². The van der Waals surface area contributed by atoms with Crippen molar-refractivity contribution in [3.8, 4) is 0 Å². The summed E-state index contributed by atoms with van der Waals surface area (Å²) in [7, 11) is 0. The molecule has 2 aromatic heterocycles. The van der Waals surface area contributed by atoms with E-state index in [1.165, 1.54) is 0 Å². The van der Waals surface area contributed by atoms with Crippen LogP contribution >= 0.6 is 0 Å². The van der Waals surface area contributed by atoms with Gasteiger partial charge in [-0.3, -0.25) is 0 Å². The fraction of sp³-hybridized carbons (Fsp3) is 0.200. The highest BCUT2D eigenvalue weighted by Crippen LogP contribution is 2.30. The lowest BCUT2D eigenvalue weighted by atomic mass is 10.2. The van der Waals surface area contributed by atoms with Crippen LogP contribution in [0, 0.1) is 0 Å². The fourth-order valence-corrected chi connectivity index (χ4v) is 3.04. The van der Waals surface area contributed by atoms with Crippen molar-refractivity contribution in [1.82, 2.24) is 9.55 Å². The number of unbranched alkanes of at least 4 members (excludes halogenated alkanes) is 1. The van der Waals surface area contributed by atoms with Crippen LogP contribution in [-0.4, -0.2) is 22.3 Å². The van der Waals surface area contributed by atoms with E-state index < -0.39 is 0 Å². The monoisotopic (exact) mass is 318 g/mol. The minimum Gasteiger partial charge on any atom is -0.449 e. The van der Waals surface area contributed by atoms with E-state index in [2.05, 4.69) is 6.92 Å². The molecule has 24 heavy (non-hydrogen) atoms. The van der Waals surface area contributed by atoms with Crippen LogP contribution in [-0.2, 0) is 4.74 Å². The van der Waals surface area contributed by atoms with Crippen LogP contribution in [0.2, 0.25) is 0 Å². The lowest BCUT2D eigenvalue weighted by Gasteiger charge is -2.07. The zero-order chi connectivity index (χ0) is 16.5. The highest BCUT2D eigenvalue weighted by Gasteiger charge is 2.18. The van der Waals surface area contributed by atoms with Gasteiger partial charge in [-0.2, -0.15) is 0 Å². The number of nitrogens with zero attached hydrogens (tertiary/aromatic N) is 2. The number of carbonyl (C=O) groups excluding carboxylic acids is 1. The van der Waals surface area contributed by atoms with Crippen LogP contribution in [0.3, 0.4) is 0 Å². The third-order valence-corrected chi connectivity index (χ3v) is 4.25. The van der Waals surface area contributed by atoms with Crippen molar-refractivity contribution >= 4 is 38.9 Å². The molecule has 4 heteroatoms. The number of pyridine rings is 1. The topological polar surface area (TPSA) is 44.1 Å². The SMILES string of the molecule is CCCCOC(=O)n1c2ccccc2c2nc3ccccc3cc21. The van der Waals surface area contributed by atoms with Gasteiger partial charge in [0.2, 0.25) is 0 Å².